The van der Waals surface area contributed by atoms with E-state index in [1.54, 1.807) is 18.4 Å². The molecule has 0 bridgehead atoms. The smallest absolute Gasteiger partial charge is 0.0929 e. The highest BCUT2D eigenvalue weighted by atomic mass is 32.1. The molecule has 1 heterocycles. The highest BCUT2D eigenvalue weighted by Gasteiger charge is 2.33. The van der Waals surface area contributed by atoms with Crippen molar-refractivity contribution >= 4 is 11.3 Å². The fourth-order valence-corrected chi connectivity index (χ4v) is 2.92. The Morgan fingerprint density at radius 2 is 2.38 bits per heavy atom. The molecule has 0 radical (unpaired) electrons. The lowest BCUT2D eigenvalue weighted by molar-refractivity contribution is 0.195. The zero-order chi connectivity index (χ0) is 11.4. The van der Waals surface area contributed by atoms with Gasteiger partial charge in [-0.05, 0) is 25.7 Å². The summed E-state index contributed by atoms with van der Waals surface area (Å²) in [5, 5.41) is 3.38. The minimum atomic E-state index is 0.0534. The number of rotatable bonds is 6. The molecular weight excluding hydrogens is 220 g/mol. The van der Waals surface area contributed by atoms with E-state index in [2.05, 4.69) is 10.4 Å². The molecule has 1 aromatic heterocycles. The molecule has 1 aliphatic rings. The number of nitrogens with zero attached hydrogens (tertiary/aromatic N) is 1. The topological polar surface area (TPSA) is 48.1 Å². The summed E-state index contributed by atoms with van der Waals surface area (Å²) < 4.78 is 5.03. The van der Waals surface area contributed by atoms with Gasteiger partial charge >= 0.3 is 0 Å². The van der Waals surface area contributed by atoms with Gasteiger partial charge in [0.1, 0.15) is 0 Å². The lowest BCUT2D eigenvalue weighted by Crippen LogP contribution is -2.48. The van der Waals surface area contributed by atoms with Crippen molar-refractivity contribution in [3.05, 3.63) is 16.1 Å². The van der Waals surface area contributed by atoms with E-state index in [0.29, 0.717) is 0 Å². The van der Waals surface area contributed by atoms with Crippen molar-refractivity contribution < 1.29 is 4.74 Å². The Kier molecular flexibility index (Phi) is 3.95. The molecule has 2 N–H and O–H groups in total. The monoisotopic (exact) mass is 240 g/mol. The largest absolute Gasteiger partial charge is 0.385 e. The van der Waals surface area contributed by atoms with Gasteiger partial charge < -0.3 is 10.5 Å². The maximum atomic E-state index is 6.21. The number of thiazole rings is 1. The third-order valence-corrected chi connectivity index (χ3v) is 4.18. The van der Waals surface area contributed by atoms with Crippen LogP contribution in [-0.4, -0.2) is 24.2 Å². The maximum absolute atomic E-state index is 6.21. The fraction of sp³-hybridized carbons (Fsp3) is 0.750. The number of nitrogens with two attached hydrogens (primary N) is 1. The number of hydrogen-bond donors (Lipinski definition) is 1. The lowest BCUT2D eigenvalue weighted by Gasteiger charge is -2.37. The standard InChI is InChI=1S/C12H20N2OS/c1-15-7-2-4-11-14-10(9-16-11)8-12(13)5-3-6-12/h9H,2-8,13H2,1H3. The molecule has 3 nitrogen and oxygen atoms in total. The van der Waals surface area contributed by atoms with Crippen molar-refractivity contribution in [2.75, 3.05) is 13.7 Å². The first-order chi connectivity index (χ1) is 7.72. The lowest BCUT2D eigenvalue weighted by atomic mass is 9.75. The minimum Gasteiger partial charge on any atom is -0.385 e. The first-order valence-corrected chi connectivity index (χ1v) is 6.81. The van der Waals surface area contributed by atoms with Crippen LogP contribution in [0.5, 0.6) is 0 Å². The average molecular weight is 240 g/mol. The van der Waals surface area contributed by atoms with E-state index in [1.165, 1.54) is 17.1 Å². The molecule has 1 fully saturated rings. The summed E-state index contributed by atoms with van der Waals surface area (Å²) in [6.07, 6.45) is 6.62. The van der Waals surface area contributed by atoms with Crippen LogP contribution in [0.1, 0.15) is 36.4 Å². The van der Waals surface area contributed by atoms with Crippen LogP contribution in [0.4, 0.5) is 0 Å². The summed E-state index contributed by atoms with van der Waals surface area (Å²) in [6, 6.07) is 0. The summed E-state index contributed by atoms with van der Waals surface area (Å²) in [7, 11) is 1.74. The van der Waals surface area contributed by atoms with Crippen LogP contribution in [0.3, 0.4) is 0 Å². The van der Waals surface area contributed by atoms with Gasteiger partial charge in [-0.1, -0.05) is 0 Å². The molecular formula is C12H20N2OS. The molecule has 16 heavy (non-hydrogen) atoms. The van der Waals surface area contributed by atoms with Gasteiger partial charge in [-0.2, -0.15) is 0 Å². The molecule has 0 spiro atoms. The Balaban J connectivity index is 1.82. The van der Waals surface area contributed by atoms with Gasteiger partial charge in [-0.15, -0.1) is 11.3 Å². The molecule has 0 unspecified atom stereocenters. The predicted molar refractivity (Wildman–Crippen MR) is 66.8 cm³/mol. The van der Waals surface area contributed by atoms with Crippen molar-refractivity contribution in [1.29, 1.82) is 0 Å². The molecule has 0 saturated heterocycles. The Hall–Kier alpha value is -0.450. The van der Waals surface area contributed by atoms with Gasteiger partial charge in [0.25, 0.3) is 0 Å². The number of methoxy groups -OCH3 is 1. The number of hydrogen-bond acceptors (Lipinski definition) is 4. The first-order valence-electron chi connectivity index (χ1n) is 5.93. The van der Waals surface area contributed by atoms with Crippen LogP contribution < -0.4 is 5.73 Å². The molecule has 4 heteroatoms. The van der Waals surface area contributed by atoms with Crippen molar-refractivity contribution in [3.63, 3.8) is 0 Å². The van der Waals surface area contributed by atoms with Gasteiger partial charge in [0.05, 0.1) is 10.7 Å². The fourth-order valence-electron chi connectivity index (χ4n) is 2.08. The van der Waals surface area contributed by atoms with E-state index in [9.17, 15) is 0 Å². The van der Waals surface area contributed by atoms with Crippen LogP contribution in [-0.2, 0) is 17.6 Å². The number of aryl methyl sites for hydroxylation is 1. The molecule has 1 aliphatic carbocycles. The molecule has 0 aromatic carbocycles. The Morgan fingerprint density at radius 3 is 3.00 bits per heavy atom. The molecule has 0 aliphatic heterocycles. The third-order valence-electron chi connectivity index (χ3n) is 3.22. The molecule has 0 amide bonds. The molecule has 1 aromatic rings. The number of ether oxygens (including phenoxy) is 1. The van der Waals surface area contributed by atoms with Gasteiger partial charge in [0.15, 0.2) is 0 Å². The van der Waals surface area contributed by atoms with E-state index in [1.807, 2.05) is 0 Å². The summed E-state index contributed by atoms with van der Waals surface area (Å²) in [5.74, 6) is 0. The second-order valence-electron chi connectivity index (χ2n) is 4.72. The van der Waals surface area contributed by atoms with E-state index >= 15 is 0 Å². The number of aromatic nitrogens is 1. The van der Waals surface area contributed by atoms with Crippen LogP contribution in [0, 0.1) is 0 Å². The zero-order valence-electron chi connectivity index (χ0n) is 9.87. The van der Waals surface area contributed by atoms with E-state index in [0.717, 1.165) is 38.7 Å². The highest BCUT2D eigenvalue weighted by Crippen LogP contribution is 2.32. The Bertz CT molecular complexity index is 334. The summed E-state index contributed by atoms with van der Waals surface area (Å²) in [6.45, 7) is 0.815. The normalized spacial score (nSPS) is 18.4. The Labute approximate surface area is 101 Å². The zero-order valence-corrected chi connectivity index (χ0v) is 10.7. The minimum absolute atomic E-state index is 0.0534. The van der Waals surface area contributed by atoms with Gasteiger partial charge in [0.2, 0.25) is 0 Å². The second-order valence-corrected chi connectivity index (χ2v) is 5.66. The van der Waals surface area contributed by atoms with Crippen molar-refractivity contribution in [3.8, 4) is 0 Å². The third kappa shape index (κ3) is 3.03. The summed E-state index contributed by atoms with van der Waals surface area (Å²) in [4.78, 5) is 4.63. The van der Waals surface area contributed by atoms with Gasteiger partial charge in [-0.25, -0.2) is 4.98 Å². The van der Waals surface area contributed by atoms with Crippen molar-refractivity contribution in [2.45, 2.75) is 44.1 Å². The van der Waals surface area contributed by atoms with Crippen LogP contribution in [0.2, 0.25) is 0 Å². The molecule has 0 atom stereocenters. The quantitative estimate of drug-likeness (QED) is 0.775. The van der Waals surface area contributed by atoms with E-state index < -0.39 is 0 Å². The SMILES string of the molecule is COCCCc1nc(CC2(N)CCC2)cs1. The summed E-state index contributed by atoms with van der Waals surface area (Å²) in [5.41, 5.74) is 7.44. The van der Waals surface area contributed by atoms with Crippen LogP contribution in [0.25, 0.3) is 0 Å². The van der Waals surface area contributed by atoms with Crippen LogP contribution >= 0.6 is 11.3 Å². The first kappa shape index (κ1) is 12.0. The van der Waals surface area contributed by atoms with E-state index in [-0.39, 0.29) is 5.54 Å². The average Bonchev–Trinajstić information content (AvgIpc) is 2.64. The van der Waals surface area contributed by atoms with Gasteiger partial charge in [0, 0.05) is 37.5 Å². The van der Waals surface area contributed by atoms with E-state index in [4.69, 9.17) is 10.5 Å². The molecule has 1 saturated carbocycles. The molecule has 2 rings (SSSR count). The maximum Gasteiger partial charge on any atom is 0.0929 e. The van der Waals surface area contributed by atoms with Crippen LogP contribution in [0.15, 0.2) is 5.38 Å². The van der Waals surface area contributed by atoms with Crippen molar-refractivity contribution in [2.24, 2.45) is 5.73 Å². The molecule has 90 valence electrons. The second kappa shape index (κ2) is 5.25. The predicted octanol–water partition coefficient (Wildman–Crippen LogP) is 2.15. The Morgan fingerprint density at radius 1 is 1.56 bits per heavy atom. The summed E-state index contributed by atoms with van der Waals surface area (Å²) >= 11 is 1.75. The highest BCUT2D eigenvalue weighted by molar-refractivity contribution is 7.09. The van der Waals surface area contributed by atoms with Crippen molar-refractivity contribution in [1.82, 2.24) is 4.98 Å². The van der Waals surface area contributed by atoms with Gasteiger partial charge in [-0.3, -0.25) is 0 Å².